The summed E-state index contributed by atoms with van der Waals surface area (Å²) in [7, 11) is 0. The number of carboxylic acids is 1. The van der Waals surface area contributed by atoms with Crippen LogP contribution in [0.1, 0.15) is 51.6 Å². The quantitative estimate of drug-likeness (QED) is 0.270. The van der Waals surface area contributed by atoms with Gasteiger partial charge in [0.05, 0.1) is 24.2 Å². The molecule has 0 amide bonds. The van der Waals surface area contributed by atoms with Crippen molar-refractivity contribution in [3.8, 4) is 17.0 Å². The van der Waals surface area contributed by atoms with Crippen molar-refractivity contribution in [2.75, 3.05) is 18.0 Å². The molecule has 1 N–H and O–H groups in total. The molecule has 1 saturated heterocycles. The number of rotatable bonds is 9. The molecule has 9 nitrogen and oxygen atoms in total. The van der Waals surface area contributed by atoms with Crippen molar-refractivity contribution < 1.29 is 23.6 Å². The molecule has 2 fully saturated rings. The first-order chi connectivity index (χ1) is 18.9. The van der Waals surface area contributed by atoms with Gasteiger partial charge in [0, 0.05) is 17.7 Å². The number of nitrogens with zero attached hydrogens (tertiary/aromatic N) is 4. The van der Waals surface area contributed by atoms with Crippen LogP contribution in [-0.4, -0.2) is 34.3 Å². The lowest BCUT2D eigenvalue weighted by molar-refractivity contribution is 0.0696. The summed E-state index contributed by atoms with van der Waals surface area (Å²) in [6.45, 7) is 2.65. The Kier molecular flexibility index (Phi) is 6.09. The van der Waals surface area contributed by atoms with Crippen LogP contribution in [0.2, 0.25) is 0 Å². The summed E-state index contributed by atoms with van der Waals surface area (Å²) >= 11 is 0. The molecule has 0 bridgehead atoms. The van der Waals surface area contributed by atoms with Crippen LogP contribution in [0.5, 0.6) is 5.75 Å². The molecule has 39 heavy (non-hydrogen) atoms. The highest BCUT2D eigenvalue weighted by atomic mass is 19.1. The normalized spacial score (nSPS) is 16.0. The Balaban J connectivity index is 1.17. The second-order valence-electron chi connectivity index (χ2n) is 10.1. The lowest BCUT2D eigenvalue weighted by atomic mass is 9.83. The van der Waals surface area contributed by atoms with E-state index in [0.717, 1.165) is 40.9 Å². The minimum Gasteiger partial charge on any atom is -0.489 e. The van der Waals surface area contributed by atoms with Crippen LogP contribution in [0.3, 0.4) is 0 Å². The summed E-state index contributed by atoms with van der Waals surface area (Å²) in [5.74, 6) is 0.883. The van der Waals surface area contributed by atoms with E-state index in [4.69, 9.17) is 9.26 Å². The van der Waals surface area contributed by atoms with Crippen LogP contribution in [0.25, 0.3) is 11.3 Å². The van der Waals surface area contributed by atoms with Crippen LogP contribution in [0, 0.1) is 17.6 Å². The number of benzene rings is 2. The Morgan fingerprint density at radius 2 is 1.95 bits per heavy atom. The third-order valence-corrected chi connectivity index (χ3v) is 7.38. The third-order valence-electron chi connectivity index (χ3n) is 7.38. The topological polar surface area (TPSA) is 118 Å². The first-order valence-corrected chi connectivity index (χ1v) is 12.6. The van der Waals surface area contributed by atoms with E-state index in [-0.39, 0.29) is 18.0 Å². The van der Waals surface area contributed by atoms with Gasteiger partial charge in [0.1, 0.15) is 35.4 Å². The number of pyridine rings is 1. The fraction of sp³-hybridized carbons (Fsp3) is 0.276. The van der Waals surface area contributed by atoms with Crippen LogP contribution in [0.4, 0.5) is 10.2 Å². The monoisotopic (exact) mass is 528 g/mol. The number of carbonyl (C=O) groups is 1. The molecular formula is C29H25FN4O5. The van der Waals surface area contributed by atoms with Gasteiger partial charge in [-0.3, -0.25) is 0 Å². The van der Waals surface area contributed by atoms with Gasteiger partial charge in [-0.15, -0.1) is 4.91 Å². The van der Waals surface area contributed by atoms with E-state index in [1.54, 1.807) is 18.2 Å². The summed E-state index contributed by atoms with van der Waals surface area (Å²) < 4.78 is 25.5. The molecule has 0 radical (unpaired) electrons. The van der Waals surface area contributed by atoms with Gasteiger partial charge >= 0.3 is 5.97 Å². The van der Waals surface area contributed by atoms with Gasteiger partial charge in [-0.25, -0.2) is 14.2 Å². The largest absolute Gasteiger partial charge is 0.489 e. The first kappa shape index (κ1) is 24.7. The van der Waals surface area contributed by atoms with E-state index in [1.165, 1.54) is 30.5 Å². The molecule has 1 aliphatic carbocycles. The minimum atomic E-state index is -1.04. The number of anilines is 1. The van der Waals surface area contributed by atoms with E-state index in [1.807, 2.05) is 24.0 Å². The summed E-state index contributed by atoms with van der Waals surface area (Å²) in [4.78, 5) is 29.2. The Morgan fingerprint density at radius 1 is 1.18 bits per heavy atom. The SMILES string of the molecule is Cc1cc(F)ccc1-c1noc(C2CC2)c1COc1ccc(C2(N=O)CN(c3cc(C(=O)O)ccn3)C2)cc1. The zero-order valence-electron chi connectivity index (χ0n) is 21.1. The van der Waals surface area contributed by atoms with E-state index < -0.39 is 11.5 Å². The molecule has 4 aromatic rings. The highest BCUT2D eigenvalue weighted by Crippen LogP contribution is 2.45. The third kappa shape index (κ3) is 4.62. The van der Waals surface area contributed by atoms with Gasteiger partial charge in [0.25, 0.3) is 0 Å². The lowest BCUT2D eigenvalue weighted by Crippen LogP contribution is -2.58. The average molecular weight is 529 g/mol. The summed E-state index contributed by atoms with van der Waals surface area (Å²) in [5.41, 5.74) is 2.99. The summed E-state index contributed by atoms with van der Waals surface area (Å²) in [6, 6.07) is 14.7. The highest BCUT2D eigenvalue weighted by Gasteiger charge is 2.47. The average Bonchev–Trinajstić information content (AvgIpc) is 3.67. The molecule has 1 aliphatic heterocycles. The van der Waals surface area contributed by atoms with Crippen LogP contribution in [-0.2, 0) is 12.1 Å². The Hall–Kier alpha value is -4.60. The smallest absolute Gasteiger partial charge is 0.335 e. The molecular weight excluding hydrogens is 503 g/mol. The lowest BCUT2D eigenvalue weighted by Gasteiger charge is -2.46. The van der Waals surface area contributed by atoms with Crippen molar-refractivity contribution >= 4 is 11.8 Å². The number of carboxylic acid groups (broad SMARTS) is 1. The number of hydrogen-bond acceptors (Lipinski definition) is 8. The van der Waals surface area contributed by atoms with Crippen molar-refractivity contribution in [1.82, 2.24) is 10.1 Å². The zero-order chi connectivity index (χ0) is 27.1. The molecule has 1 saturated carbocycles. The van der Waals surface area contributed by atoms with E-state index in [9.17, 15) is 19.2 Å². The van der Waals surface area contributed by atoms with Crippen molar-refractivity contribution in [1.29, 1.82) is 0 Å². The second-order valence-corrected chi connectivity index (χ2v) is 10.1. The van der Waals surface area contributed by atoms with Crippen LogP contribution >= 0.6 is 0 Å². The van der Waals surface area contributed by atoms with E-state index in [0.29, 0.717) is 36.3 Å². The number of nitroso groups, excluding NO2 is 1. The molecule has 0 unspecified atom stereocenters. The molecule has 0 atom stereocenters. The van der Waals surface area contributed by atoms with Gasteiger partial charge in [0.15, 0.2) is 5.54 Å². The summed E-state index contributed by atoms with van der Waals surface area (Å²) in [6.07, 6.45) is 3.51. The molecule has 2 aliphatic rings. The predicted octanol–water partition coefficient (Wildman–Crippen LogP) is 5.82. The molecule has 10 heteroatoms. The second kappa shape index (κ2) is 9.61. The van der Waals surface area contributed by atoms with Gasteiger partial charge in [0.2, 0.25) is 0 Å². The molecule has 0 spiro atoms. The van der Waals surface area contributed by atoms with Gasteiger partial charge in [-0.1, -0.05) is 22.5 Å². The number of halogens is 1. The molecule has 198 valence electrons. The van der Waals surface area contributed by atoms with Crippen molar-refractivity contribution in [3.63, 3.8) is 0 Å². The number of hydrogen-bond donors (Lipinski definition) is 1. The molecule has 2 aromatic carbocycles. The minimum absolute atomic E-state index is 0.133. The van der Waals surface area contributed by atoms with Gasteiger partial charge < -0.3 is 19.3 Å². The Labute approximate surface area is 223 Å². The van der Waals surface area contributed by atoms with Crippen LogP contribution < -0.4 is 9.64 Å². The maximum absolute atomic E-state index is 13.7. The van der Waals surface area contributed by atoms with E-state index in [2.05, 4.69) is 15.3 Å². The highest BCUT2D eigenvalue weighted by molar-refractivity contribution is 5.88. The standard InChI is InChI=1S/C29H25FN4O5/c1-17-12-21(30)6-9-23(17)26-24(27(39-32-26)18-2-3-18)14-38-22-7-4-20(5-8-22)29(33-37)15-34(16-29)25-13-19(28(35)36)10-11-31-25/h4-13,18H,2-3,14-16H2,1H3,(H,35,36). The zero-order valence-corrected chi connectivity index (χ0v) is 21.1. The van der Waals surface area contributed by atoms with E-state index >= 15 is 0 Å². The maximum atomic E-state index is 13.7. The maximum Gasteiger partial charge on any atom is 0.335 e. The van der Waals surface area contributed by atoms with Crippen molar-refractivity contribution in [2.24, 2.45) is 5.18 Å². The van der Waals surface area contributed by atoms with Gasteiger partial charge in [-0.2, -0.15) is 0 Å². The number of aromatic carboxylic acids is 1. The number of aryl methyl sites for hydroxylation is 1. The Bertz CT molecular complexity index is 1560. The van der Waals surface area contributed by atoms with Crippen molar-refractivity contribution in [3.05, 3.63) is 99.5 Å². The Morgan fingerprint density at radius 3 is 2.62 bits per heavy atom. The molecule has 6 rings (SSSR count). The molecule has 2 aromatic heterocycles. The van der Waals surface area contributed by atoms with Gasteiger partial charge in [-0.05, 0) is 73.4 Å². The first-order valence-electron chi connectivity index (χ1n) is 12.6. The van der Waals surface area contributed by atoms with Crippen LogP contribution in [0.15, 0.2) is 70.5 Å². The number of aromatic nitrogens is 2. The fourth-order valence-electron chi connectivity index (χ4n) is 5.01. The predicted molar refractivity (Wildman–Crippen MR) is 140 cm³/mol. The molecule has 3 heterocycles. The summed E-state index contributed by atoms with van der Waals surface area (Å²) in [5, 5.41) is 17.0. The van der Waals surface area contributed by atoms with Crippen molar-refractivity contribution in [2.45, 2.75) is 37.8 Å². The number of ether oxygens (including phenoxy) is 1. The fourth-order valence-corrected chi connectivity index (χ4v) is 5.01.